The van der Waals surface area contributed by atoms with Gasteiger partial charge < -0.3 is 4.42 Å². The second-order valence-corrected chi connectivity index (χ2v) is 12.7. The van der Waals surface area contributed by atoms with Crippen molar-refractivity contribution < 1.29 is 4.42 Å². The molecule has 0 unspecified atom stereocenters. The number of aromatic nitrogens is 3. The zero-order valence-electron chi connectivity index (χ0n) is 24.4. The normalized spacial score (nSPS) is 11.9. The SMILES string of the molecule is c1ccc(-c2nc(-c3ccc4oc5ccccc5c4c3)nc(-c3ccc4ccc5ccc6sc7ccccc7c6c5c4c3)n2)cc1. The maximum atomic E-state index is 6.10. The molecule has 0 saturated heterocycles. The van der Waals surface area contributed by atoms with Crippen LogP contribution >= 0.6 is 11.3 Å². The molecule has 10 rings (SSSR count). The van der Waals surface area contributed by atoms with Gasteiger partial charge in [0, 0.05) is 47.6 Å². The van der Waals surface area contributed by atoms with Crippen LogP contribution in [0.4, 0.5) is 0 Å². The first-order chi connectivity index (χ1) is 22.8. The molecule has 3 aromatic heterocycles. The summed E-state index contributed by atoms with van der Waals surface area (Å²) in [6, 6.07) is 48.6. The van der Waals surface area contributed by atoms with Gasteiger partial charge in [-0.25, -0.2) is 15.0 Å². The molecule has 0 saturated carbocycles. The minimum atomic E-state index is 0.625. The van der Waals surface area contributed by atoms with Crippen LogP contribution in [-0.4, -0.2) is 15.0 Å². The highest BCUT2D eigenvalue weighted by atomic mass is 32.1. The molecule has 0 aliphatic rings. The van der Waals surface area contributed by atoms with Gasteiger partial charge in [-0.05, 0) is 64.0 Å². The molecule has 7 aromatic carbocycles. The van der Waals surface area contributed by atoms with Gasteiger partial charge in [-0.1, -0.05) is 97.1 Å². The maximum absolute atomic E-state index is 6.10. The van der Waals surface area contributed by atoms with Crippen LogP contribution < -0.4 is 0 Å². The summed E-state index contributed by atoms with van der Waals surface area (Å²) in [5, 5.41) is 9.59. The highest BCUT2D eigenvalue weighted by Gasteiger charge is 2.16. The van der Waals surface area contributed by atoms with E-state index in [9.17, 15) is 0 Å². The van der Waals surface area contributed by atoms with Crippen molar-refractivity contribution in [1.82, 2.24) is 15.0 Å². The van der Waals surface area contributed by atoms with Gasteiger partial charge >= 0.3 is 0 Å². The summed E-state index contributed by atoms with van der Waals surface area (Å²) in [6.07, 6.45) is 0. The molecule has 0 bridgehead atoms. The fourth-order valence-electron chi connectivity index (χ4n) is 6.71. The largest absolute Gasteiger partial charge is 0.456 e. The quantitative estimate of drug-likeness (QED) is 0.188. The van der Waals surface area contributed by atoms with Crippen molar-refractivity contribution in [2.75, 3.05) is 0 Å². The molecule has 5 heteroatoms. The van der Waals surface area contributed by atoms with Crippen molar-refractivity contribution in [2.45, 2.75) is 0 Å². The summed E-state index contributed by atoms with van der Waals surface area (Å²) >= 11 is 1.85. The van der Waals surface area contributed by atoms with Gasteiger partial charge in [0.1, 0.15) is 11.2 Å². The first-order valence-electron chi connectivity index (χ1n) is 15.3. The Morgan fingerprint density at radius 1 is 0.391 bits per heavy atom. The first-order valence-corrected chi connectivity index (χ1v) is 16.1. The molecule has 4 nitrogen and oxygen atoms in total. The predicted octanol–water partition coefficient (Wildman–Crippen LogP) is 11.4. The Morgan fingerprint density at radius 2 is 1.00 bits per heavy atom. The third-order valence-electron chi connectivity index (χ3n) is 8.90. The Hall–Kier alpha value is -5.91. The fraction of sp³-hybridized carbons (Fsp3) is 0. The standard InChI is InChI=1S/C41H23N3OS/c1-2-8-26(9-3-1)39-42-40(44-41(43-39)28-18-20-34-32(23-28)29-10-4-6-12-33(29)45-34)27-17-15-24-14-16-25-19-21-36-38(37(25)31(24)22-27)30-11-5-7-13-35(30)46-36/h1-23H. The second-order valence-electron chi connectivity index (χ2n) is 11.6. The number of thiophene rings is 1. The minimum absolute atomic E-state index is 0.625. The van der Waals surface area contributed by atoms with Crippen LogP contribution in [0, 0.1) is 0 Å². The van der Waals surface area contributed by atoms with Gasteiger partial charge in [0.05, 0.1) is 0 Å². The maximum Gasteiger partial charge on any atom is 0.164 e. The molecule has 3 heterocycles. The Morgan fingerprint density at radius 3 is 1.85 bits per heavy atom. The van der Waals surface area contributed by atoms with Crippen molar-refractivity contribution in [2.24, 2.45) is 0 Å². The van der Waals surface area contributed by atoms with Gasteiger partial charge in [0.15, 0.2) is 17.5 Å². The lowest BCUT2D eigenvalue weighted by Crippen LogP contribution is -2.00. The van der Waals surface area contributed by atoms with E-state index >= 15 is 0 Å². The van der Waals surface area contributed by atoms with Crippen molar-refractivity contribution >= 4 is 75.0 Å². The van der Waals surface area contributed by atoms with Crippen molar-refractivity contribution in [3.8, 4) is 34.2 Å². The lowest BCUT2D eigenvalue weighted by atomic mass is 9.96. The van der Waals surface area contributed by atoms with Gasteiger partial charge in [-0.15, -0.1) is 11.3 Å². The zero-order chi connectivity index (χ0) is 30.2. The number of para-hydroxylation sites is 1. The molecule has 0 aliphatic heterocycles. The molecule has 0 amide bonds. The Labute approximate surface area is 267 Å². The van der Waals surface area contributed by atoms with Crippen LogP contribution in [-0.2, 0) is 0 Å². The van der Waals surface area contributed by atoms with Crippen LogP contribution in [0.15, 0.2) is 144 Å². The van der Waals surface area contributed by atoms with E-state index < -0.39 is 0 Å². The van der Waals surface area contributed by atoms with E-state index in [1.807, 2.05) is 72.0 Å². The molecule has 0 N–H and O–H groups in total. The molecule has 0 fully saturated rings. The molecular formula is C41H23N3OS. The van der Waals surface area contributed by atoms with Crippen molar-refractivity contribution in [3.63, 3.8) is 0 Å². The lowest BCUT2D eigenvalue weighted by Gasteiger charge is -2.11. The van der Waals surface area contributed by atoms with Gasteiger partial charge in [-0.2, -0.15) is 0 Å². The van der Waals surface area contributed by atoms with Crippen LogP contribution in [0.1, 0.15) is 0 Å². The van der Waals surface area contributed by atoms with E-state index in [1.165, 1.54) is 41.7 Å². The predicted molar refractivity (Wildman–Crippen MR) is 191 cm³/mol. The van der Waals surface area contributed by atoms with Crippen LogP contribution in [0.2, 0.25) is 0 Å². The van der Waals surface area contributed by atoms with E-state index in [1.54, 1.807) is 0 Å². The summed E-state index contributed by atoms with van der Waals surface area (Å²) in [7, 11) is 0. The van der Waals surface area contributed by atoms with Crippen LogP contribution in [0.25, 0.3) is 97.8 Å². The van der Waals surface area contributed by atoms with Crippen molar-refractivity contribution in [3.05, 3.63) is 140 Å². The molecule has 0 atom stereocenters. The smallest absolute Gasteiger partial charge is 0.164 e. The number of fused-ring (bicyclic) bond motifs is 10. The highest BCUT2D eigenvalue weighted by molar-refractivity contribution is 7.26. The second kappa shape index (κ2) is 9.80. The first kappa shape index (κ1) is 25.4. The molecule has 0 aliphatic carbocycles. The van der Waals surface area contributed by atoms with E-state index in [0.29, 0.717) is 17.5 Å². The summed E-state index contributed by atoms with van der Waals surface area (Å²) in [6.45, 7) is 0. The highest BCUT2D eigenvalue weighted by Crippen LogP contribution is 2.42. The van der Waals surface area contributed by atoms with E-state index in [2.05, 4.69) is 78.9 Å². The zero-order valence-corrected chi connectivity index (χ0v) is 25.3. The molecular weight excluding hydrogens is 583 g/mol. The Balaban J connectivity index is 1.23. The number of rotatable bonds is 3. The third kappa shape index (κ3) is 3.89. The summed E-state index contributed by atoms with van der Waals surface area (Å²) in [4.78, 5) is 15.2. The topological polar surface area (TPSA) is 51.8 Å². The van der Waals surface area contributed by atoms with Crippen LogP contribution in [0.3, 0.4) is 0 Å². The van der Waals surface area contributed by atoms with Gasteiger partial charge in [0.25, 0.3) is 0 Å². The molecule has 214 valence electrons. The minimum Gasteiger partial charge on any atom is -0.456 e. The van der Waals surface area contributed by atoms with Crippen LogP contribution in [0.5, 0.6) is 0 Å². The molecule has 46 heavy (non-hydrogen) atoms. The van der Waals surface area contributed by atoms with Gasteiger partial charge in [0.2, 0.25) is 0 Å². The van der Waals surface area contributed by atoms with E-state index in [0.717, 1.165) is 38.6 Å². The number of furan rings is 1. The average Bonchev–Trinajstić information content (AvgIpc) is 3.69. The monoisotopic (exact) mass is 605 g/mol. The van der Waals surface area contributed by atoms with E-state index in [4.69, 9.17) is 19.4 Å². The third-order valence-corrected chi connectivity index (χ3v) is 10.0. The Bertz CT molecular complexity index is 2820. The number of nitrogens with zero attached hydrogens (tertiary/aromatic N) is 3. The number of hydrogen-bond acceptors (Lipinski definition) is 5. The molecule has 0 radical (unpaired) electrons. The van der Waals surface area contributed by atoms with Gasteiger partial charge in [-0.3, -0.25) is 0 Å². The summed E-state index contributed by atoms with van der Waals surface area (Å²) < 4.78 is 8.70. The lowest BCUT2D eigenvalue weighted by molar-refractivity contribution is 0.669. The number of benzene rings is 7. The Kier molecular flexibility index (Phi) is 5.41. The molecule has 0 spiro atoms. The summed E-state index contributed by atoms with van der Waals surface area (Å²) in [5.41, 5.74) is 4.52. The number of hydrogen-bond donors (Lipinski definition) is 0. The summed E-state index contributed by atoms with van der Waals surface area (Å²) in [5.74, 6) is 1.91. The van der Waals surface area contributed by atoms with Crippen molar-refractivity contribution in [1.29, 1.82) is 0 Å². The average molecular weight is 606 g/mol. The van der Waals surface area contributed by atoms with E-state index in [-0.39, 0.29) is 0 Å². The fourth-order valence-corrected chi connectivity index (χ4v) is 7.83. The molecule has 10 aromatic rings.